The number of anilines is 4. The Morgan fingerprint density at radius 2 is 1.13 bits per heavy atom. The number of pyridine rings is 1. The van der Waals surface area contributed by atoms with Gasteiger partial charge in [-0.2, -0.15) is 12.1 Å². The van der Waals surface area contributed by atoms with E-state index in [-0.39, 0.29) is 55.0 Å². The number of para-hydroxylation sites is 3. The fourth-order valence-electron chi connectivity index (χ4n) is 10.5. The van der Waals surface area contributed by atoms with Gasteiger partial charge in [0.25, 0.3) is 0 Å². The van der Waals surface area contributed by atoms with Gasteiger partial charge in [0.2, 0.25) is 0 Å². The van der Waals surface area contributed by atoms with Crippen LogP contribution in [0.2, 0.25) is 0 Å². The number of hydrogen-bond acceptors (Lipinski definition) is 4. The molecule has 3 heterocycles. The molecule has 0 fully saturated rings. The Bertz CT molecular complexity index is 4200. The molecule has 1 aliphatic heterocycles. The van der Waals surface area contributed by atoms with Crippen molar-refractivity contribution in [2.75, 3.05) is 9.80 Å². The molecule has 77 heavy (non-hydrogen) atoms. The van der Waals surface area contributed by atoms with Gasteiger partial charge < -0.3 is 19.1 Å². The predicted molar refractivity (Wildman–Crippen MR) is 317 cm³/mol. The molecule has 0 saturated heterocycles. The molecule has 0 radical (unpaired) electrons. The van der Waals surface area contributed by atoms with Crippen molar-refractivity contribution in [2.24, 2.45) is 0 Å². The van der Waals surface area contributed by atoms with Gasteiger partial charge in [-0.15, -0.1) is 48.1 Å². The zero-order chi connectivity index (χ0) is 56.7. The molecule has 384 valence electrons. The summed E-state index contributed by atoms with van der Waals surface area (Å²) in [6, 6.07) is 67.9. The fraction of sp³-hybridized carbons (Fsp3) is 0.155. The molecule has 0 amide bonds. The van der Waals surface area contributed by atoms with E-state index in [1.165, 1.54) is 5.56 Å². The maximum atomic E-state index is 9.27. The molecule has 2 aromatic heterocycles. The molecule has 12 rings (SSSR count). The molecule has 0 atom stereocenters. The van der Waals surface area contributed by atoms with Crippen molar-refractivity contribution in [3.05, 3.63) is 259 Å². The first-order chi connectivity index (χ1) is 38.8. The van der Waals surface area contributed by atoms with Crippen LogP contribution in [0.1, 0.15) is 84.5 Å². The molecule has 0 saturated carbocycles. The van der Waals surface area contributed by atoms with Crippen LogP contribution >= 0.6 is 0 Å². The van der Waals surface area contributed by atoms with Crippen LogP contribution in [-0.2, 0) is 37.3 Å². The molecule has 0 bridgehead atoms. The number of hydrogen-bond donors (Lipinski definition) is 0. The summed E-state index contributed by atoms with van der Waals surface area (Å²) >= 11 is 0. The summed E-state index contributed by atoms with van der Waals surface area (Å²) in [5.74, 6) is 1.74. The number of aromatic nitrogens is 2. The second-order valence-electron chi connectivity index (χ2n) is 22.3. The smallest absolute Gasteiger partial charge is 0.135 e. The summed E-state index contributed by atoms with van der Waals surface area (Å²) in [5, 5.41) is 2.08. The van der Waals surface area contributed by atoms with Crippen LogP contribution in [0.4, 0.5) is 22.7 Å². The first-order valence-electron chi connectivity index (χ1n) is 28.4. The minimum absolute atomic E-state index is 0. The van der Waals surface area contributed by atoms with Crippen molar-refractivity contribution in [1.29, 1.82) is 0 Å². The molecular formula is C71H61N4OPt-3. The van der Waals surface area contributed by atoms with Crippen LogP contribution in [-0.4, -0.2) is 9.55 Å². The maximum absolute atomic E-state index is 9.27. The van der Waals surface area contributed by atoms with Crippen molar-refractivity contribution >= 4 is 44.6 Å². The Labute approximate surface area is 475 Å². The van der Waals surface area contributed by atoms with Crippen molar-refractivity contribution in [3.63, 3.8) is 0 Å². The first-order valence-corrected chi connectivity index (χ1v) is 25.9. The summed E-state index contributed by atoms with van der Waals surface area (Å²) in [7, 11) is 0. The van der Waals surface area contributed by atoms with Gasteiger partial charge >= 0.3 is 0 Å². The fourth-order valence-corrected chi connectivity index (χ4v) is 10.5. The number of benzene rings is 9. The zero-order valence-electron chi connectivity index (χ0n) is 49.5. The topological polar surface area (TPSA) is 33.5 Å². The van der Waals surface area contributed by atoms with Gasteiger partial charge in [0.05, 0.1) is 6.85 Å². The van der Waals surface area contributed by atoms with Crippen molar-refractivity contribution in [1.82, 2.24) is 9.55 Å². The third kappa shape index (κ3) is 9.68. The van der Waals surface area contributed by atoms with Gasteiger partial charge in [-0.25, -0.2) is 4.98 Å². The van der Waals surface area contributed by atoms with Gasteiger partial charge in [-0.05, 0) is 91.1 Å². The van der Waals surface area contributed by atoms with Crippen LogP contribution in [0, 0.1) is 18.8 Å². The molecule has 5 nitrogen and oxygen atoms in total. The minimum Gasteiger partial charge on any atom is -0.509 e. The van der Waals surface area contributed by atoms with E-state index < -0.39 is 18.1 Å². The monoisotopic (exact) mass is 1190 g/mol. The SMILES string of the molecule is [2H]c1c([2H])c([2H])c(-c2cccc(-c3cc(C(C)(C)C)cc(C(C)(C)C)c3)c2N2[CH-]N(c3[c-]c(Oc4[c-]c5c(cc4)c4cc(-c6ccccc6)ccc4n5-c4cc(C(C)(C)c5ccccc5)ccn4)ccc3)c3ccccc32)c([2H])c1[2H].[Pt]. The van der Waals surface area contributed by atoms with E-state index in [0.29, 0.717) is 28.4 Å². The third-order valence-electron chi connectivity index (χ3n) is 14.8. The second-order valence-corrected chi connectivity index (χ2v) is 22.3. The minimum atomic E-state index is -0.441. The van der Waals surface area contributed by atoms with Gasteiger partial charge in [0, 0.05) is 77.9 Å². The molecular weight excluding hydrogens is 1120 g/mol. The van der Waals surface area contributed by atoms with E-state index in [9.17, 15) is 2.74 Å². The number of rotatable bonds is 10. The summed E-state index contributed by atoms with van der Waals surface area (Å²) < 4.78 is 53.6. The average molecular weight is 1190 g/mol. The van der Waals surface area contributed by atoms with Gasteiger partial charge in [-0.3, -0.25) is 0 Å². The van der Waals surface area contributed by atoms with E-state index in [2.05, 4.69) is 191 Å². The summed E-state index contributed by atoms with van der Waals surface area (Å²) in [5.41, 5.74) is 13.5. The average Bonchev–Trinajstić information content (AvgIpc) is 2.79. The van der Waals surface area contributed by atoms with Crippen LogP contribution in [0.25, 0.3) is 61.0 Å². The zero-order valence-corrected chi connectivity index (χ0v) is 46.8. The van der Waals surface area contributed by atoms with Crippen molar-refractivity contribution < 1.29 is 32.7 Å². The Balaban J connectivity index is 0.00000705. The van der Waals surface area contributed by atoms with E-state index in [1.54, 1.807) is 0 Å². The van der Waals surface area contributed by atoms with E-state index in [0.717, 1.165) is 77.9 Å². The Morgan fingerprint density at radius 1 is 0.494 bits per heavy atom. The van der Waals surface area contributed by atoms with Gasteiger partial charge in [0.15, 0.2) is 0 Å². The Kier molecular flexibility index (Phi) is 11.9. The maximum Gasteiger partial charge on any atom is 0.135 e. The van der Waals surface area contributed by atoms with Crippen LogP contribution < -0.4 is 14.5 Å². The van der Waals surface area contributed by atoms with Crippen molar-refractivity contribution in [2.45, 2.75) is 71.6 Å². The van der Waals surface area contributed by atoms with E-state index in [1.807, 2.05) is 85.7 Å². The molecule has 0 spiro atoms. The molecule has 0 aliphatic carbocycles. The largest absolute Gasteiger partial charge is 0.509 e. The number of fused-ring (bicyclic) bond motifs is 4. The van der Waals surface area contributed by atoms with Crippen LogP contribution in [0.5, 0.6) is 11.5 Å². The normalized spacial score (nSPS) is 13.6. The number of ether oxygens (including phenoxy) is 1. The molecule has 0 unspecified atom stereocenters. The summed E-state index contributed by atoms with van der Waals surface area (Å²) in [4.78, 5) is 9.15. The van der Waals surface area contributed by atoms with E-state index >= 15 is 0 Å². The summed E-state index contributed by atoms with van der Waals surface area (Å²) in [6.45, 7) is 19.7. The quantitative estimate of drug-likeness (QED) is 0.128. The van der Waals surface area contributed by atoms with Crippen LogP contribution in [0.3, 0.4) is 0 Å². The van der Waals surface area contributed by atoms with Gasteiger partial charge in [0.1, 0.15) is 5.82 Å². The van der Waals surface area contributed by atoms with E-state index in [4.69, 9.17) is 13.8 Å². The third-order valence-corrected chi connectivity index (χ3v) is 14.8. The Hall–Kier alpha value is -7.98. The van der Waals surface area contributed by atoms with Crippen LogP contribution in [0.15, 0.2) is 218 Å². The first kappa shape index (κ1) is 45.2. The predicted octanol–water partition coefficient (Wildman–Crippen LogP) is 18.9. The number of nitrogens with zero attached hydrogens (tertiary/aromatic N) is 4. The molecule has 1 aliphatic rings. The molecule has 11 aromatic rings. The summed E-state index contributed by atoms with van der Waals surface area (Å²) in [6.07, 6.45) is 1.89. The molecule has 0 N–H and O–H groups in total. The van der Waals surface area contributed by atoms with Gasteiger partial charge in [-0.1, -0.05) is 212 Å². The second kappa shape index (κ2) is 20.2. The van der Waals surface area contributed by atoms with Crippen molar-refractivity contribution in [3.8, 4) is 50.7 Å². The molecule has 9 aromatic carbocycles. The molecule has 6 heteroatoms. The Morgan fingerprint density at radius 3 is 1.83 bits per heavy atom. The standard InChI is InChI=1S/C71H61N4O.Pt/c1-69(2,3)54-40-51(41-55(43-54)70(4,5)6)60-31-21-30-59(49-24-14-10-15-25-49)68(60)74-47-73(64-32-18-19-33-65(64)74)56-28-20-29-57(45-56)76-58-35-36-61-62-42-50(48-22-12-9-13-23-48)34-37-63(62)75(66(61)46-58)67-44-53(38-39-72-67)71(7,8)52-26-16-11-17-27-52;/h9-44,47H,1-8H3;/q-3;/i10D,14D,15D,24D,25D;.